The number of hydrogen-bond acceptors (Lipinski definition) is 7. The van der Waals surface area contributed by atoms with Crippen molar-refractivity contribution in [2.75, 3.05) is 33.4 Å². The van der Waals surface area contributed by atoms with E-state index in [4.69, 9.17) is 25.8 Å². The summed E-state index contributed by atoms with van der Waals surface area (Å²) in [6, 6.07) is 19.8. The van der Waals surface area contributed by atoms with Gasteiger partial charge in [-0.05, 0) is 111 Å². The molecule has 1 unspecified atom stereocenters. The van der Waals surface area contributed by atoms with Crippen molar-refractivity contribution < 1.29 is 28.6 Å². The third-order valence-corrected chi connectivity index (χ3v) is 8.48. The monoisotopic (exact) mass is 645 g/mol. The predicted molar refractivity (Wildman–Crippen MR) is 178 cm³/mol. The van der Waals surface area contributed by atoms with Crippen LogP contribution in [0, 0.1) is 6.92 Å². The van der Waals surface area contributed by atoms with E-state index >= 15 is 0 Å². The smallest absolute Gasteiger partial charge is 0.345 e. The van der Waals surface area contributed by atoms with E-state index < -0.39 is 17.9 Å². The molecule has 3 aromatic carbocycles. The van der Waals surface area contributed by atoms with E-state index in [1.54, 1.807) is 19.2 Å². The fourth-order valence-electron chi connectivity index (χ4n) is 5.88. The zero-order valence-electron chi connectivity index (χ0n) is 26.3. The molecule has 242 valence electrons. The van der Waals surface area contributed by atoms with Crippen LogP contribution in [0.4, 0.5) is 0 Å². The van der Waals surface area contributed by atoms with E-state index in [0.717, 1.165) is 42.0 Å². The number of nitrogens with zero attached hydrogens (tertiary/aromatic N) is 1. The number of esters is 2. The number of methoxy groups -OCH3 is 1. The van der Waals surface area contributed by atoms with Crippen molar-refractivity contribution in [3.05, 3.63) is 94.1 Å². The average Bonchev–Trinajstić information content (AvgIpc) is 3.68. The largest absolute Gasteiger partial charge is 0.497 e. The number of H-pyrrole nitrogens is 1. The zero-order chi connectivity index (χ0) is 32.5. The minimum Gasteiger partial charge on any atom is -0.497 e. The number of amides is 1. The highest BCUT2D eigenvalue weighted by Crippen LogP contribution is 2.35. The molecule has 0 bridgehead atoms. The number of aryl methyl sites for hydroxylation is 1. The average molecular weight is 646 g/mol. The van der Waals surface area contributed by atoms with Gasteiger partial charge >= 0.3 is 11.9 Å². The minimum absolute atomic E-state index is 0.0599. The van der Waals surface area contributed by atoms with Crippen LogP contribution in [-0.4, -0.2) is 61.1 Å². The lowest BCUT2D eigenvalue weighted by Crippen LogP contribution is -2.27. The summed E-state index contributed by atoms with van der Waals surface area (Å²) in [5.41, 5.74) is 3.65. The Balaban J connectivity index is 1.18. The van der Waals surface area contributed by atoms with Crippen molar-refractivity contribution in [1.29, 1.82) is 0 Å². The molecule has 1 aromatic heterocycles. The van der Waals surface area contributed by atoms with E-state index in [0.29, 0.717) is 35.9 Å². The Morgan fingerprint density at radius 3 is 2.54 bits per heavy atom. The van der Waals surface area contributed by atoms with Gasteiger partial charge in [0.05, 0.1) is 25.2 Å². The van der Waals surface area contributed by atoms with Gasteiger partial charge in [0.15, 0.2) is 0 Å². The van der Waals surface area contributed by atoms with Crippen LogP contribution in [0.1, 0.15) is 65.2 Å². The molecule has 1 aliphatic rings. The first-order valence-electron chi connectivity index (χ1n) is 15.7. The van der Waals surface area contributed by atoms with Crippen molar-refractivity contribution in [3.63, 3.8) is 0 Å². The van der Waals surface area contributed by atoms with E-state index in [-0.39, 0.29) is 24.3 Å². The first-order chi connectivity index (χ1) is 22.3. The Bertz CT molecular complexity index is 1660. The lowest BCUT2D eigenvalue weighted by Gasteiger charge is -2.17. The molecule has 2 heterocycles. The molecule has 0 spiro atoms. The number of nitrogens with one attached hydrogen (secondary N) is 2. The van der Waals surface area contributed by atoms with Gasteiger partial charge < -0.3 is 24.5 Å². The third-order valence-electron chi connectivity index (χ3n) is 8.22. The maximum atomic E-state index is 13.5. The molecular formula is C36H40ClN3O6. The molecule has 0 aliphatic carbocycles. The summed E-state index contributed by atoms with van der Waals surface area (Å²) in [6.45, 7) is 5.97. The van der Waals surface area contributed by atoms with Crippen molar-refractivity contribution in [1.82, 2.24) is 15.2 Å². The van der Waals surface area contributed by atoms with E-state index in [1.165, 1.54) is 30.5 Å². The van der Waals surface area contributed by atoms with Gasteiger partial charge in [-0.1, -0.05) is 23.7 Å². The molecule has 2 N–H and O–H groups in total. The molecule has 1 saturated heterocycles. The van der Waals surface area contributed by atoms with Crippen LogP contribution in [-0.2, 0) is 20.9 Å². The standard InChI is InChI=1S/C36H40ClN3O6/c1-24-34(31-22-28(44-2)13-15-32(31)39-24)30(36(43)46-35(42)26-9-11-27(37)12-10-26)14-16-33(41)38-17-6-20-45-29-8-5-7-25(21-29)23-40-18-3-4-19-40/h5,7-13,15,21-22,30,39H,3-4,6,14,16-20,23H2,1-2H3,(H,38,41). The van der Waals surface area contributed by atoms with Gasteiger partial charge in [0.25, 0.3) is 0 Å². The second-order valence-corrected chi connectivity index (χ2v) is 12.0. The number of ether oxygens (including phenoxy) is 3. The Morgan fingerprint density at radius 2 is 1.78 bits per heavy atom. The van der Waals surface area contributed by atoms with Gasteiger partial charge in [-0.3, -0.25) is 14.5 Å². The molecule has 1 amide bonds. The Morgan fingerprint density at radius 1 is 1.00 bits per heavy atom. The topological polar surface area (TPSA) is 110 Å². The number of benzene rings is 3. The summed E-state index contributed by atoms with van der Waals surface area (Å²) in [5, 5.41) is 4.15. The summed E-state index contributed by atoms with van der Waals surface area (Å²) >= 11 is 5.94. The molecule has 4 aromatic rings. The number of hydrogen-bond donors (Lipinski definition) is 2. The second-order valence-electron chi connectivity index (χ2n) is 11.6. The number of carbonyl (C=O) groups is 3. The van der Waals surface area contributed by atoms with Crippen LogP contribution in [0.25, 0.3) is 10.9 Å². The van der Waals surface area contributed by atoms with E-state index in [2.05, 4.69) is 27.3 Å². The fraction of sp³-hybridized carbons (Fsp3) is 0.361. The van der Waals surface area contributed by atoms with Crippen LogP contribution in [0.3, 0.4) is 0 Å². The maximum absolute atomic E-state index is 13.5. The van der Waals surface area contributed by atoms with Crippen molar-refractivity contribution in [2.45, 2.75) is 51.5 Å². The van der Waals surface area contributed by atoms with Gasteiger partial charge in [-0.2, -0.15) is 0 Å². The molecule has 0 saturated carbocycles. The minimum atomic E-state index is -0.876. The molecule has 1 fully saturated rings. The first kappa shape index (κ1) is 33.0. The van der Waals surface area contributed by atoms with Crippen molar-refractivity contribution in [2.24, 2.45) is 0 Å². The van der Waals surface area contributed by atoms with Gasteiger partial charge in [-0.25, -0.2) is 4.79 Å². The van der Waals surface area contributed by atoms with Gasteiger partial charge in [0, 0.05) is 41.1 Å². The molecule has 0 radical (unpaired) electrons. The molecular weight excluding hydrogens is 606 g/mol. The summed E-state index contributed by atoms with van der Waals surface area (Å²) < 4.78 is 16.7. The van der Waals surface area contributed by atoms with E-state index in [9.17, 15) is 14.4 Å². The molecule has 9 nitrogen and oxygen atoms in total. The van der Waals surface area contributed by atoms with Gasteiger partial charge in [-0.15, -0.1) is 0 Å². The van der Waals surface area contributed by atoms with Crippen molar-refractivity contribution in [3.8, 4) is 11.5 Å². The molecule has 1 atom stereocenters. The maximum Gasteiger partial charge on any atom is 0.345 e. The number of aromatic amines is 1. The Labute approximate surface area is 274 Å². The molecule has 1 aliphatic heterocycles. The number of likely N-dealkylation sites (tertiary alicyclic amines) is 1. The number of rotatable bonds is 14. The van der Waals surface area contributed by atoms with Gasteiger partial charge in [0.2, 0.25) is 5.91 Å². The number of aromatic nitrogens is 1. The summed E-state index contributed by atoms with van der Waals surface area (Å²) in [7, 11) is 1.57. The lowest BCUT2D eigenvalue weighted by molar-refractivity contribution is -0.140. The zero-order valence-corrected chi connectivity index (χ0v) is 27.0. The van der Waals surface area contributed by atoms with Crippen LogP contribution in [0.2, 0.25) is 5.02 Å². The van der Waals surface area contributed by atoms with Crippen LogP contribution < -0.4 is 14.8 Å². The number of carbonyl (C=O) groups excluding carboxylic acids is 3. The summed E-state index contributed by atoms with van der Waals surface area (Å²) in [5.74, 6) is -1.16. The predicted octanol–water partition coefficient (Wildman–Crippen LogP) is 6.57. The first-order valence-corrected chi connectivity index (χ1v) is 16.1. The molecule has 46 heavy (non-hydrogen) atoms. The van der Waals surface area contributed by atoms with Crippen LogP contribution in [0.15, 0.2) is 66.7 Å². The SMILES string of the molecule is COc1ccc2[nH]c(C)c(C(CCC(=O)NCCCOc3cccc(CN4CCCC4)c3)C(=O)OC(=O)c3ccc(Cl)cc3)c2c1. The second kappa shape index (κ2) is 15.8. The highest BCUT2D eigenvalue weighted by molar-refractivity contribution is 6.30. The van der Waals surface area contributed by atoms with Crippen molar-refractivity contribution >= 4 is 40.3 Å². The quantitative estimate of drug-likeness (QED) is 0.0907. The Hall–Kier alpha value is -4.34. The fourth-order valence-corrected chi connectivity index (χ4v) is 6.00. The normalized spacial score (nSPS) is 13.8. The molecule has 5 rings (SSSR count). The molecule has 10 heteroatoms. The summed E-state index contributed by atoms with van der Waals surface area (Å²) in [6.07, 6.45) is 3.35. The van der Waals surface area contributed by atoms with Crippen LogP contribution in [0.5, 0.6) is 11.5 Å². The lowest BCUT2D eigenvalue weighted by atomic mass is 9.91. The third kappa shape index (κ3) is 8.68. The van der Waals surface area contributed by atoms with E-state index in [1.807, 2.05) is 37.3 Å². The highest BCUT2D eigenvalue weighted by atomic mass is 35.5. The summed E-state index contributed by atoms with van der Waals surface area (Å²) in [4.78, 5) is 45.0. The number of fused-ring (bicyclic) bond motifs is 1. The number of halogens is 1. The highest BCUT2D eigenvalue weighted by Gasteiger charge is 2.30. The van der Waals surface area contributed by atoms with Gasteiger partial charge in [0.1, 0.15) is 11.5 Å². The van der Waals surface area contributed by atoms with Crippen LogP contribution >= 0.6 is 11.6 Å². The Kier molecular flexibility index (Phi) is 11.3.